The minimum Gasteiger partial charge on any atom is -0.423 e. The van der Waals surface area contributed by atoms with Crippen LogP contribution in [0.25, 0.3) is 9.40 Å². The Morgan fingerprint density at radius 2 is 1.83 bits per heavy atom. The van der Waals surface area contributed by atoms with Crippen molar-refractivity contribution in [2.45, 2.75) is 0 Å². The molecule has 2 rings (SSSR count). The summed E-state index contributed by atoms with van der Waals surface area (Å²) in [5, 5.41) is 17.8. The first kappa shape index (κ1) is 8.95. The lowest BCUT2D eigenvalue weighted by Crippen LogP contribution is -2.26. The molecule has 0 unspecified atom stereocenters. The van der Waals surface area contributed by atoms with Gasteiger partial charge in [0.05, 0.1) is 2.88 Å². The van der Waals surface area contributed by atoms with E-state index in [1.807, 2.05) is 6.07 Å². The number of thiophene rings is 2. The standard InChI is InChI=1S/C6H4BIO2S2/c8-6-2-4-3(12-6)1-5(11-4)7(9)10/h1-2,9-10H. The number of halogens is 1. The minimum absolute atomic E-state index is 0.618. The van der Waals surface area contributed by atoms with Gasteiger partial charge in [-0.05, 0) is 34.7 Å². The maximum absolute atomic E-state index is 8.88. The van der Waals surface area contributed by atoms with Crippen molar-refractivity contribution in [1.29, 1.82) is 0 Å². The summed E-state index contributed by atoms with van der Waals surface area (Å²) >= 11 is 5.36. The van der Waals surface area contributed by atoms with E-state index in [0.29, 0.717) is 4.78 Å². The Hall–Kier alpha value is 0.375. The number of hydrogen-bond donors (Lipinski definition) is 2. The van der Waals surface area contributed by atoms with Crippen molar-refractivity contribution >= 4 is 66.6 Å². The molecular formula is C6H4BIO2S2. The van der Waals surface area contributed by atoms with Crippen molar-refractivity contribution in [3.05, 3.63) is 15.0 Å². The summed E-state index contributed by atoms with van der Waals surface area (Å²) < 4.78 is 4.11. The van der Waals surface area contributed by atoms with Crippen molar-refractivity contribution in [2.75, 3.05) is 0 Å². The summed E-state index contributed by atoms with van der Waals surface area (Å²) in [7, 11) is -1.33. The second-order valence-corrected chi connectivity index (χ2v) is 6.39. The summed E-state index contributed by atoms with van der Waals surface area (Å²) in [5.41, 5.74) is 0. The molecule has 0 aliphatic heterocycles. The van der Waals surface area contributed by atoms with Crippen LogP contribution in [0.5, 0.6) is 0 Å². The predicted octanol–water partition coefficient (Wildman–Crippen LogP) is 1.25. The Morgan fingerprint density at radius 3 is 2.42 bits per heavy atom. The molecule has 0 bridgehead atoms. The normalized spacial score (nSPS) is 10.9. The monoisotopic (exact) mass is 310 g/mol. The summed E-state index contributed by atoms with van der Waals surface area (Å²) in [6.45, 7) is 0. The van der Waals surface area contributed by atoms with Gasteiger partial charge in [-0.15, -0.1) is 22.7 Å². The van der Waals surface area contributed by atoms with E-state index in [4.69, 9.17) is 10.0 Å². The van der Waals surface area contributed by atoms with Crippen LogP contribution in [0, 0.1) is 2.88 Å². The van der Waals surface area contributed by atoms with E-state index in [2.05, 4.69) is 28.7 Å². The summed E-state index contributed by atoms with van der Waals surface area (Å²) in [6.07, 6.45) is 0. The van der Waals surface area contributed by atoms with Crippen LogP contribution >= 0.6 is 45.3 Å². The Balaban J connectivity index is 2.57. The highest BCUT2D eigenvalue weighted by Crippen LogP contribution is 2.29. The molecule has 2 aromatic heterocycles. The van der Waals surface area contributed by atoms with E-state index in [-0.39, 0.29) is 0 Å². The molecule has 12 heavy (non-hydrogen) atoms. The zero-order valence-corrected chi connectivity index (χ0v) is 9.61. The van der Waals surface area contributed by atoms with Crippen LogP contribution in [-0.4, -0.2) is 17.2 Å². The van der Waals surface area contributed by atoms with Gasteiger partial charge >= 0.3 is 7.12 Å². The van der Waals surface area contributed by atoms with Gasteiger partial charge in [0.1, 0.15) is 0 Å². The molecule has 6 heteroatoms. The van der Waals surface area contributed by atoms with E-state index in [9.17, 15) is 0 Å². The molecule has 2 N–H and O–H groups in total. The highest BCUT2D eigenvalue weighted by Gasteiger charge is 2.15. The van der Waals surface area contributed by atoms with Crippen molar-refractivity contribution < 1.29 is 10.0 Å². The number of rotatable bonds is 1. The Kier molecular flexibility index (Phi) is 2.43. The number of fused-ring (bicyclic) bond motifs is 1. The van der Waals surface area contributed by atoms with Gasteiger partial charge in [0.25, 0.3) is 0 Å². The Bertz CT molecular complexity index is 377. The highest BCUT2D eigenvalue weighted by molar-refractivity contribution is 14.1. The molecule has 0 aromatic carbocycles. The summed E-state index contributed by atoms with van der Waals surface area (Å²) in [5.74, 6) is 0. The van der Waals surface area contributed by atoms with Crippen LogP contribution in [0.1, 0.15) is 0 Å². The van der Waals surface area contributed by atoms with Gasteiger partial charge in [-0.25, -0.2) is 0 Å². The van der Waals surface area contributed by atoms with E-state index in [1.54, 1.807) is 11.3 Å². The van der Waals surface area contributed by atoms with Crippen LogP contribution in [-0.2, 0) is 0 Å². The number of hydrogen-bond acceptors (Lipinski definition) is 4. The van der Waals surface area contributed by atoms with Gasteiger partial charge in [0, 0.05) is 14.2 Å². The Morgan fingerprint density at radius 1 is 1.17 bits per heavy atom. The first-order valence-electron chi connectivity index (χ1n) is 3.22. The van der Waals surface area contributed by atoms with Gasteiger partial charge in [-0.1, -0.05) is 0 Å². The lowest BCUT2D eigenvalue weighted by Gasteiger charge is -1.88. The van der Waals surface area contributed by atoms with Crippen LogP contribution in [0.4, 0.5) is 0 Å². The van der Waals surface area contributed by atoms with Gasteiger partial charge < -0.3 is 10.0 Å². The fraction of sp³-hybridized carbons (Fsp3) is 0. The minimum atomic E-state index is -1.33. The first-order chi connectivity index (χ1) is 5.66. The SMILES string of the molecule is OB(O)c1cc2sc(I)cc2s1. The van der Waals surface area contributed by atoms with E-state index < -0.39 is 7.12 Å². The third kappa shape index (κ3) is 1.53. The van der Waals surface area contributed by atoms with Crippen LogP contribution < -0.4 is 4.78 Å². The maximum atomic E-state index is 8.88. The molecule has 0 fully saturated rings. The summed E-state index contributed by atoms with van der Waals surface area (Å²) in [4.78, 5) is 0. The lowest BCUT2D eigenvalue weighted by atomic mass is 9.90. The Labute approximate surface area is 91.1 Å². The second kappa shape index (κ2) is 3.26. The maximum Gasteiger partial charge on any atom is 0.499 e. The zero-order chi connectivity index (χ0) is 8.72. The van der Waals surface area contributed by atoms with Crippen molar-refractivity contribution in [3.63, 3.8) is 0 Å². The zero-order valence-electron chi connectivity index (χ0n) is 5.82. The second-order valence-electron chi connectivity index (χ2n) is 2.30. The average Bonchev–Trinajstić information content (AvgIpc) is 2.42. The molecule has 62 valence electrons. The quantitative estimate of drug-likeness (QED) is 0.615. The van der Waals surface area contributed by atoms with Crippen LogP contribution in [0.3, 0.4) is 0 Å². The molecule has 2 aromatic rings. The third-order valence-corrected chi connectivity index (χ3v) is 4.54. The van der Waals surface area contributed by atoms with Crippen molar-refractivity contribution in [3.8, 4) is 0 Å². The van der Waals surface area contributed by atoms with Crippen LogP contribution in [0.2, 0.25) is 0 Å². The molecule has 2 nitrogen and oxygen atoms in total. The smallest absolute Gasteiger partial charge is 0.423 e. The predicted molar refractivity (Wildman–Crippen MR) is 62.2 cm³/mol. The van der Waals surface area contributed by atoms with Gasteiger partial charge in [0.2, 0.25) is 0 Å². The fourth-order valence-electron chi connectivity index (χ4n) is 0.952. The summed E-state index contributed by atoms with van der Waals surface area (Å²) in [6, 6.07) is 3.88. The molecule has 0 aliphatic rings. The molecule has 0 aliphatic carbocycles. The first-order valence-corrected chi connectivity index (χ1v) is 5.93. The molecule has 0 atom stereocenters. The topological polar surface area (TPSA) is 40.5 Å². The van der Waals surface area contributed by atoms with Gasteiger partial charge in [-0.3, -0.25) is 0 Å². The van der Waals surface area contributed by atoms with Gasteiger partial charge in [0.15, 0.2) is 0 Å². The lowest BCUT2D eigenvalue weighted by molar-refractivity contribution is 0.427. The molecule has 2 heterocycles. The molecule has 0 radical (unpaired) electrons. The van der Waals surface area contributed by atoms with Crippen molar-refractivity contribution in [1.82, 2.24) is 0 Å². The molecule has 0 spiro atoms. The highest BCUT2D eigenvalue weighted by atomic mass is 127. The molecule has 0 saturated carbocycles. The van der Waals surface area contributed by atoms with E-state index in [1.165, 1.54) is 14.2 Å². The molecule has 0 amide bonds. The third-order valence-electron chi connectivity index (χ3n) is 1.45. The van der Waals surface area contributed by atoms with Crippen molar-refractivity contribution in [2.24, 2.45) is 0 Å². The van der Waals surface area contributed by atoms with E-state index in [0.717, 1.165) is 9.40 Å². The van der Waals surface area contributed by atoms with E-state index >= 15 is 0 Å². The fourth-order valence-corrected chi connectivity index (χ4v) is 4.19. The average molecular weight is 310 g/mol. The van der Waals surface area contributed by atoms with Crippen LogP contribution in [0.15, 0.2) is 12.1 Å². The molecule has 0 saturated heterocycles. The largest absolute Gasteiger partial charge is 0.499 e. The molecular weight excluding hydrogens is 306 g/mol. The van der Waals surface area contributed by atoms with Gasteiger partial charge in [-0.2, -0.15) is 0 Å².